The van der Waals surface area contributed by atoms with Gasteiger partial charge >= 0.3 is 6.03 Å². The number of hydrogen-bond donors (Lipinski definition) is 1. The van der Waals surface area contributed by atoms with Crippen LogP contribution in [0.4, 0.5) is 10.6 Å². The number of nitrogens with one attached hydrogen (secondary N) is 1. The van der Waals surface area contributed by atoms with Gasteiger partial charge in [-0.25, -0.2) is 17.9 Å². The molecular formula is C22H32N4O3S. The van der Waals surface area contributed by atoms with Crippen molar-refractivity contribution in [2.45, 2.75) is 58.5 Å². The summed E-state index contributed by atoms with van der Waals surface area (Å²) in [5.74, 6) is 0.774. The van der Waals surface area contributed by atoms with Crippen LogP contribution in [-0.4, -0.2) is 47.2 Å². The van der Waals surface area contributed by atoms with Crippen LogP contribution in [0.15, 0.2) is 36.4 Å². The molecule has 1 atom stereocenters. The van der Waals surface area contributed by atoms with Crippen molar-refractivity contribution in [3.8, 4) is 0 Å². The molecule has 0 unspecified atom stereocenters. The molecular weight excluding hydrogens is 400 g/mol. The van der Waals surface area contributed by atoms with Crippen LogP contribution in [0.5, 0.6) is 0 Å². The van der Waals surface area contributed by atoms with E-state index in [1.54, 1.807) is 9.58 Å². The van der Waals surface area contributed by atoms with Gasteiger partial charge in [-0.1, -0.05) is 58.0 Å². The summed E-state index contributed by atoms with van der Waals surface area (Å²) in [6.07, 6.45) is 1.35. The van der Waals surface area contributed by atoms with E-state index in [2.05, 4.69) is 26.1 Å². The molecule has 1 aromatic heterocycles. The van der Waals surface area contributed by atoms with E-state index in [1.807, 2.05) is 43.3 Å². The second kappa shape index (κ2) is 8.79. The van der Waals surface area contributed by atoms with Crippen LogP contribution in [0.25, 0.3) is 0 Å². The highest BCUT2D eigenvalue weighted by Gasteiger charge is 2.33. The number of sulfone groups is 1. The molecule has 3 rings (SSSR count). The lowest BCUT2D eigenvalue weighted by Crippen LogP contribution is -2.36. The Morgan fingerprint density at radius 1 is 1.27 bits per heavy atom. The van der Waals surface area contributed by atoms with E-state index in [9.17, 15) is 13.2 Å². The van der Waals surface area contributed by atoms with Crippen LogP contribution in [-0.2, 0) is 21.8 Å². The number of aromatic nitrogens is 2. The van der Waals surface area contributed by atoms with Crippen molar-refractivity contribution in [2.75, 3.05) is 23.4 Å². The van der Waals surface area contributed by atoms with Gasteiger partial charge in [-0.2, -0.15) is 5.10 Å². The number of rotatable bonds is 6. The van der Waals surface area contributed by atoms with E-state index in [4.69, 9.17) is 5.10 Å². The van der Waals surface area contributed by atoms with E-state index in [-0.39, 0.29) is 29.0 Å². The third-order valence-corrected chi connectivity index (χ3v) is 7.04. The van der Waals surface area contributed by atoms with E-state index in [1.165, 1.54) is 0 Å². The Bertz CT molecular complexity index is 978. The largest absolute Gasteiger partial charge is 0.323 e. The first-order chi connectivity index (χ1) is 14.1. The number of carbonyl (C=O) groups is 1. The summed E-state index contributed by atoms with van der Waals surface area (Å²) in [7, 11) is -3.06. The van der Waals surface area contributed by atoms with Crippen molar-refractivity contribution in [1.82, 2.24) is 14.7 Å². The van der Waals surface area contributed by atoms with Gasteiger partial charge in [0.2, 0.25) is 0 Å². The summed E-state index contributed by atoms with van der Waals surface area (Å²) < 4.78 is 25.7. The van der Waals surface area contributed by atoms with Crippen molar-refractivity contribution in [2.24, 2.45) is 0 Å². The lowest BCUT2D eigenvalue weighted by Gasteiger charge is -2.23. The zero-order valence-corrected chi connectivity index (χ0v) is 19.1. The highest BCUT2D eigenvalue weighted by molar-refractivity contribution is 7.91. The monoisotopic (exact) mass is 432 g/mol. The Kier molecular flexibility index (Phi) is 6.55. The van der Waals surface area contributed by atoms with E-state index < -0.39 is 9.84 Å². The van der Waals surface area contributed by atoms with Crippen molar-refractivity contribution in [1.29, 1.82) is 0 Å². The average Bonchev–Trinajstić information content (AvgIpc) is 3.25. The first-order valence-electron chi connectivity index (χ1n) is 10.5. The highest BCUT2D eigenvalue weighted by atomic mass is 32.2. The topological polar surface area (TPSA) is 84.3 Å². The summed E-state index contributed by atoms with van der Waals surface area (Å²) in [6.45, 7) is 9.33. The minimum Gasteiger partial charge on any atom is -0.320 e. The van der Waals surface area contributed by atoms with Gasteiger partial charge in [-0.05, 0) is 18.4 Å². The number of hydrogen-bond acceptors (Lipinski definition) is 4. The highest BCUT2D eigenvalue weighted by Crippen LogP contribution is 2.31. The smallest absolute Gasteiger partial charge is 0.320 e. The SMILES string of the molecule is CCCN(Cc1ccccc1)C(=O)Nc1cc(C(C)(C)C)nn1[C@@H]1CCS(=O)(=O)C1. The van der Waals surface area contributed by atoms with Gasteiger partial charge in [0.1, 0.15) is 5.82 Å². The first kappa shape index (κ1) is 22.3. The minimum absolute atomic E-state index is 0.0593. The van der Waals surface area contributed by atoms with Crippen molar-refractivity contribution >= 4 is 21.7 Å². The lowest BCUT2D eigenvalue weighted by atomic mass is 9.92. The van der Waals surface area contributed by atoms with E-state index in [0.717, 1.165) is 17.7 Å². The first-order valence-corrected chi connectivity index (χ1v) is 12.3. The van der Waals surface area contributed by atoms with Crippen LogP contribution >= 0.6 is 0 Å². The van der Waals surface area contributed by atoms with Crippen LogP contribution in [0, 0.1) is 0 Å². The van der Waals surface area contributed by atoms with Gasteiger partial charge in [0.05, 0.1) is 23.2 Å². The summed E-state index contributed by atoms with van der Waals surface area (Å²) in [5.41, 5.74) is 1.68. The molecule has 2 amide bonds. The van der Waals surface area contributed by atoms with E-state index >= 15 is 0 Å². The predicted molar refractivity (Wildman–Crippen MR) is 119 cm³/mol. The van der Waals surface area contributed by atoms with Gasteiger partial charge in [0, 0.05) is 24.6 Å². The fourth-order valence-corrected chi connectivity index (χ4v) is 5.31. The molecule has 0 bridgehead atoms. The molecule has 0 saturated carbocycles. The maximum atomic E-state index is 13.1. The summed E-state index contributed by atoms with van der Waals surface area (Å²) in [4.78, 5) is 14.9. The molecule has 2 aromatic rings. The van der Waals surface area contributed by atoms with Gasteiger partial charge in [0.25, 0.3) is 0 Å². The summed E-state index contributed by atoms with van der Waals surface area (Å²) >= 11 is 0. The third kappa shape index (κ3) is 5.41. The fourth-order valence-electron chi connectivity index (χ4n) is 3.62. The molecule has 1 saturated heterocycles. The van der Waals surface area contributed by atoms with Crippen LogP contribution in [0.3, 0.4) is 0 Å². The second-order valence-electron chi connectivity index (χ2n) is 9.00. The molecule has 1 aliphatic heterocycles. The Morgan fingerprint density at radius 3 is 2.53 bits per heavy atom. The fraction of sp³-hybridized carbons (Fsp3) is 0.545. The Labute approximate surface area is 179 Å². The molecule has 0 spiro atoms. The van der Waals surface area contributed by atoms with Crippen LogP contribution in [0.2, 0.25) is 0 Å². The Balaban J connectivity index is 1.86. The average molecular weight is 433 g/mol. The number of urea groups is 1. The molecule has 30 heavy (non-hydrogen) atoms. The molecule has 1 aromatic carbocycles. The number of carbonyl (C=O) groups excluding carboxylic acids is 1. The second-order valence-corrected chi connectivity index (χ2v) is 11.2. The zero-order valence-electron chi connectivity index (χ0n) is 18.3. The van der Waals surface area contributed by atoms with Crippen LogP contribution in [0.1, 0.15) is 57.8 Å². The molecule has 0 aliphatic carbocycles. The molecule has 7 nitrogen and oxygen atoms in total. The molecule has 0 radical (unpaired) electrons. The predicted octanol–water partition coefficient (Wildman–Crippen LogP) is 3.98. The van der Waals surface area contributed by atoms with Gasteiger partial charge in [-0.15, -0.1) is 0 Å². The van der Waals surface area contributed by atoms with Crippen LogP contribution < -0.4 is 5.32 Å². The standard InChI is InChI=1S/C22H32N4O3S/c1-5-12-25(15-17-9-7-6-8-10-17)21(27)23-20-14-19(22(2,3)4)24-26(20)18-11-13-30(28,29)16-18/h6-10,14,18H,5,11-13,15-16H2,1-4H3,(H,23,27)/t18-/m1/s1. The number of amides is 2. The van der Waals surface area contributed by atoms with Crippen molar-refractivity contribution in [3.63, 3.8) is 0 Å². The lowest BCUT2D eigenvalue weighted by molar-refractivity contribution is 0.209. The molecule has 1 fully saturated rings. The molecule has 1 aliphatic rings. The normalized spacial score (nSPS) is 18.3. The summed E-state index contributed by atoms with van der Waals surface area (Å²) in [5, 5.41) is 7.70. The molecule has 1 N–H and O–H groups in total. The number of nitrogens with zero attached hydrogens (tertiary/aromatic N) is 3. The zero-order chi connectivity index (χ0) is 21.9. The molecule has 8 heteroatoms. The van der Waals surface area contributed by atoms with E-state index in [0.29, 0.717) is 25.3 Å². The Hall–Kier alpha value is -2.35. The third-order valence-electron chi connectivity index (χ3n) is 5.29. The van der Waals surface area contributed by atoms with Crippen molar-refractivity contribution < 1.29 is 13.2 Å². The Morgan fingerprint density at radius 2 is 1.97 bits per heavy atom. The molecule has 2 heterocycles. The summed E-state index contributed by atoms with van der Waals surface area (Å²) in [6, 6.07) is 11.3. The van der Waals surface area contributed by atoms with Gasteiger partial charge in [0.15, 0.2) is 9.84 Å². The van der Waals surface area contributed by atoms with Crippen molar-refractivity contribution in [3.05, 3.63) is 47.7 Å². The molecule has 164 valence electrons. The number of anilines is 1. The minimum atomic E-state index is -3.06. The maximum Gasteiger partial charge on any atom is 0.323 e. The maximum absolute atomic E-state index is 13.1. The van der Waals surface area contributed by atoms with Gasteiger partial charge < -0.3 is 4.90 Å². The number of benzene rings is 1. The quantitative estimate of drug-likeness (QED) is 0.748. The van der Waals surface area contributed by atoms with Gasteiger partial charge in [-0.3, -0.25) is 5.32 Å².